The van der Waals surface area contributed by atoms with E-state index in [0.717, 1.165) is 38.9 Å². The number of hydrogen-bond donors (Lipinski definition) is 1. The number of carbonyl (C=O) groups excluding carboxylic acids is 1. The van der Waals surface area contributed by atoms with E-state index >= 15 is 0 Å². The molecule has 1 rings (SSSR count). The highest BCUT2D eigenvalue weighted by molar-refractivity contribution is 5.69. The van der Waals surface area contributed by atoms with Gasteiger partial charge in [-0.15, -0.1) is 0 Å². The van der Waals surface area contributed by atoms with E-state index in [1.807, 2.05) is 20.8 Å². The minimum atomic E-state index is -0.611. The van der Waals surface area contributed by atoms with Crippen molar-refractivity contribution in [3.63, 3.8) is 0 Å². The van der Waals surface area contributed by atoms with E-state index in [1.165, 1.54) is 7.11 Å². The van der Waals surface area contributed by atoms with Crippen molar-refractivity contribution in [2.24, 2.45) is 0 Å². The van der Waals surface area contributed by atoms with Gasteiger partial charge in [0, 0.05) is 39.0 Å². The molecule has 0 amide bonds. The second-order valence-corrected chi connectivity index (χ2v) is 6.38. The van der Waals surface area contributed by atoms with Crippen LogP contribution < -0.4 is 0 Å². The quantitative estimate of drug-likeness (QED) is 0.514. The number of nitrogens with zero attached hydrogens (tertiary/aromatic N) is 1. The van der Waals surface area contributed by atoms with Crippen LogP contribution in [0.4, 0.5) is 0 Å². The number of esters is 1. The normalized spacial score (nSPS) is 19.1. The van der Waals surface area contributed by atoms with E-state index in [1.54, 1.807) is 0 Å². The van der Waals surface area contributed by atoms with E-state index in [-0.39, 0.29) is 12.6 Å². The molecular weight excluding hydrogens is 286 g/mol. The predicted molar refractivity (Wildman–Crippen MR) is 83.5 cm³/mol. The molecule has 0 spiro atoms. The summed E-state index contributed by atoms with van der Waals surface area (Å²) in [4.78, 5) is 13.4. The molecule has 0 saturated carbocycles. The summed E-state index contributed by atoms with van der Waals surface area (Å²) in [5, 5.41) is 9.42. The number of methoxy groups -OCH3 is 1. The van der Waals surface area contributed by atoms with Crippen LogP contribution in [0.3, 0.4) is 0 Å². The number of hydrogen-bond acceptors (Lipinski definition) is 6. The van der Waals surface area contributed by atoms with Gasteiger partial charge in [0.25, 0.3) is 0 Å². The zero-order valence-corrected chi connectivity index (χ0v) is 14.4. The third kappa shape index (κ3) is 6.20. The van der Waals surface area contributed by atoms with E-state index in [9.17, 15) is 9.90 Å². The maximum atomic E-state index is 11.1. The first-order valence-corrected chi connectivity index (χ1v) is 8.10. The Kier molecular flexibility index (Phi) is 7.76. The van der Waals surface area contributed by atoms with Crippen molar-refractivity contribution in [2.45, 2.75) is 57.8 Å². The maximum Gasteiger partial charge on any atom is 0.305 e. The molecule has 1 aliphatic rings. The number of carbonyl (C=O) groups is 1. The monoisotopic (exact) mass is 317 g/mol. The zero-order chi connectivity index (χ0) is 16.6. The largest absolute Gasteiger partial charge is 0.469 e. The summed E-state index contributed by atoms with van der Waals surface area (Å²) < 4.78 is 16.6. The van der Waals surface area contributed by atoms with Gasteiger partial charge in [-0.3, -0.25) is 4.79 Å². The second-order valence-electron chi connectivity index (χ2n) is 6.38. The van der Waals surface area contributed by atoms with Gasteiger partial charge in [-0.05, 0) is 33.7 Å². The van der Waals surface area contributed by atoms with Crippen molar-refractivity contribution in [3.05, 3.63) is 0 Å². The molecule has 1 N–H and O–H groups in total. The van der Waals surface area contributed by atoms with E-state index in [4.69, 9.17) is 9.47 Å². The van der Waals surface area contributed by atoms with Gasteiger partial charge in [-0.25, -0.2) is 0 Å². The first kappa shape index (κ1) is 19.4. The molecule has 0 aliphatic carbocycles. The molecule has 6 heteroatoms. The predicted octanol–water partition coefficient (Wildman–Crippen LogP) is 1.56. The Morgan fingerprint density at radius 1 is 1.32 bits per heavy atom. The molecule has 1 heterocycles. The summed E-state index contributed by atoms with van der Waals surface area (Å²) in [6.07, 6.45) is 2.79. The second kappa shape index (κ2) is 8.82. The Morgan fingerprint density at radius 2 is 1.95 bits per heavy atom. The third-order valence-electron chi connectivity index (χ3n) is 3.95. The van der Waals surface area contributed by atoms with Crippen LogP contribution in [-0.2, 0) is 19.0 Å². The van der Waals surface area contributed by atoms with E-state index in [2.05, 4.69) is 9.64 Å². The van der Waals surface area contributed by atoms with Crippen LogP contribution in [0.15, 0.2) is 0 Å². The van der Waals surface area contributed by atoms with Gasteiger partial charge in [0.1, 0.15) is 0 Å². The lowest BCUT2D eigenvalue weighted by Crippen LogP contribution is -2.52. The lowest BCUT2D eigenvalue weighted by Gasteiger charge is -2.45. The number of rotatable bonds is 9. The van der Waals surface area contributed by atoms with Crippen LogP contribution in [0, 0.1) is 0 Å². The Hall–Kier alpha value is -0.690. The molecule has 0 unspecified atom stereocenters. The van der Waals surface area contributed by atoms with Crippen LogP contribution in [-0.4, -0.2) is 67.3 Å². The summed E-state index contributed by atoms with van der Waals surface area (Å²) in [5.74, 6) is -0.770. The molecule has 130 valence electrons. The van der Waals surface area contributed by atoms with Crippen LogP contribution >= 0.6 is 0 Å². The summed E-state index contributed by atoms with van der Waals surface area (Å²) >= 11 is 0. The SMILES string of the molecule is CCOC1(OC(C)(C)CO)CCN(CCCC(=O)OC)CC1. The number of piperidine rings is 1. The Bertz CT molecular complexity index is 337. The molecule has 1 fully saturated rings. The molecule has 22 heavy (non-hydrogen) atoms. The number of ether oxygens (including phenoxy) is 3. The van der Waals surface area contributed by atoms with Crippen LogP contribution in [0.5, 0.6) is 0 Å². The Labute approximate surface area is 133 Å². The molecular formula is C16H31NO5. The number of aliphatic hydroxyl groups is 1. The first-order chi connectivity index (χ1) is 10.4. The van der Waals surface area contributed by atoms with Gasteiger partial charge in [0.15, 0.2) is 5.79 Å². The van der Waals surface area contributed by atoms with Crippen LogP contribution in [0.1, 0.15) is 46.5 Å². The third-order valence-corrected chi connectivity index (χ3v) is 3.95. The van der Waals surface area contributed by atoms with Crippen molar-refractivity contribution >= 4 is 5.97 Å². The molecule has 0 atom stereocenters. The van der Waals surface area contributed by atoms with Gasteiger partial charge >= 0.3 is 5.97 Å². The average Bonchev–Trinajstić information content (AvgIpc) is 2.49. The van der Waals surface area contributed by atoms with Gasteiger partial charge < -0.3 is 24.2 Å². The molecule has 6 nitrogen and oxygen atoms in total. The average molecular weight is 317 g/mol. The lowest BCUT2D eigenvalue weighted by molar-refractivity contribution is -0.301. The Morgan fingerprint density at radius 3 is 2.45 bits per heavy atom. The molecule has 0 aromatic carbocycles. The lowest BCUT2D eigenvalue weighted by atomic mass is 10.0. The highest BCUT2D eigenvalue weighted by Crippen LogP contribution is 2.32. The van der Waals surface area contributed by atoms with Gasteiger partial charge in [-0.1, -0.05) is 0 Å². The van der Waals surface area contributed by atoms with Crippen molar-refractivity contribution < 1.29 is 24.1 Å². The molecule has 0 radical (unpaired) electrons. The van der Waals surface area contributed by atoms with Crippen molar-refractivity contribution in [3.8, 4) is 0 Å². The Balaban J connectivity index is 2.46. The first-order valence-electron chi connectivity index (χ1n) is 8.10. The number of aliphatic hydroxyl groups excluding tert-OH is 1. The highest BCUT2D eigenvalue weighted by Gasteiger charge is 2.40. The van der Waals surface area contributed by atoms with E-state index in [0.29, 0.717) is 13.0 Å². The minimum Gasteiger partial charge on any atom is -0.469 e. The fourth-order valence-electron chi connectivity index (χ4n) is 2.74. The van der Waals surface area contributed by atoms with Gasteiger partial charge in [-0.2, -0.15) is 0 Å². The molecule has 0 aromatic rings. The van der Waals surface area contributed by atoms with Gasteiger partial charge in [0.05, 0.1) is 19.3 Å². The summed E-state index contributed by atoms with van der Waals surface area (Å²) in [5.41, 5.74) is -0.609. The van der Waals surface area contributed by atoms with Crippen molar-refractivity contribution in [1.82, 2.24) is 4.90 Å². The van der Waals surface area contributed by atoms with Gasteiger partial charge in [0.2, 0.25) is 0 Å². The molecule has 1 aliphatic heterocycles. The fraction of sp³-hybridized carbons (Fsp3) is 0.938. The summed E-state index contributed by atoms with van der Waals surface area (Å²) in [6.45, 7) is 8.85. The van der Waals surface area contributed by atoms with E-state index < -0.39 is 11.4 Å². The number of likely N-dealkylation sites (tertiary alicyclic amines) is 1. The van der Waals surface area contributed by atoms with Crippen LogP contribution in [0.2, 0.25) is 0 Å². The minimum absolute atomic E-state index is 0.0370. The van der Waals surface area contributed by atoms with Crippen LogP contribution in [0.25, 0.3) is 0 Å². The molecule has 0 aromatic heterocycles. The zero-order valence-electron chi connectivity index (χ0n) is 14.4. The topological polar surface area (TPSA) is 68.2 Å². The summed E-state index contributed by atoms with van der Waals surface area (Å²) in [7, 11) is 1.42. The highest BCUT2D eigenvalue weighted by atomic mass is 16.7. The van der Waals surface area contributed by atoms with Crippen molar-refractivity contribution in [2.75, 3.05) is 40.0 Å². The summed E-state index contributed by atoms with van der Waals surface area (Å²) in [6, 6.07) is 0. The maximum absolute atomic E-state index is 11.1. The standard InChI is InChI=1S/C16H31NO5/c1-5-21-16(22-15(2,3)13-18)8-11-17(12-9-16)10-6-7-14(19)20-4/h18H,5-13H2,1-4H3. The smallest absolute Gasteiger partial charge is 0.305 e. The van der Waals surface area contributed by atoms with Crippen molar-refractivity contribution in [1.29, 1.82) is 0 Å². The molecule has 0 bridgehead atoms. The molecule has 1 saturated heterocycles. The fourth-order valence-corrected chi connectivity index (χ4v) is 2.74.